The normalized spacial score (nSPS) is 17.0. The SMILES string of the molecule is CCOC(=O)c1oc2nc(C(C)C)c3c(c2c1NC(=O)CN1CCOCC1)CCCC3. The number of furan rings is 1. The van der Waals surface area contributed by atoms with E-state index < -0.39 is 5.97 Å². The fourth-order valence-corrected chi connectivity index (χ4v) is 4.50. The standard InChI is InChI=1S/C23H31N3O5/c1-4-30-23(28)21-20(24-17(27)13-26-9-11-29-12-10-26)18-15-7-5-6-8-16(15)19(14(2)3)25-22(18)31-21/h14H,4-13H2,1-3H3,(H,24,27). The highest BCUT2D eigenvalue weighted by Crippen LogP contribution is 2.40. The van der Waals surface area contributed by atoms with E-state index in [0.29, 0.717) is 37.7 Å². The van der Waals surface area contributed by atoms with Crippen molar-refractivity contribution in [1.29, 1.82) is 0 Å². The van der Waals surface area contributed by atoms with Gasteiger partial charge in [0.1, 0.15) is 5.69 Å². The van der Waals surface area contributed by atoms with E-state index in [-0.39, 0.29) is 30.7 Å². The topological polar surface area (TPSA) is 93.9 Å². The summed E-state index contributed by atoms with van der Waals surface area (Å²) in [6.45, 7) is 9.08. The van der Waals surface area contributed by atoms with E-state index in [1.807, 2.05) is 4.90 Å². The van der Waals surface area contributed by atoms with Gasteiger partial charge in [-0.15, -0.1) is 0 Å². The molecule has 4 rings (SSSR count). The van der Waals surface area contributed by atoms with E-state index in [9.17, 15) is 9.59 Å². The molecule has 3 heterocycles. The van der Waals surface area contributed by atoms with E-state index >= 15 is 0 Å². The van der Waals surface area contributed by atoms with Crippen LogP contribution < -0.4 is 5.32 Å². The molecule has 2 aromatic rings. The molecule has 0 saturated carbocycles. The van der Waals surface area contributed by atoms with Gasteiger partial charge in [0.15, 0.2) is 0 Å². The number of nitrogens with zero attached hydrogens (tertiary/aromatic N) is 2. The van der Waals surface area contributed by atoms with Crippen LogP contribution in [0.25, 0.3) is 11.1 Å². The van der Waals surface area contributed by atoms with Gasteiger partial charge in [-0.2, -0.15) is 0 Å². The minimum absolute atomic E-state index is 0.0216. The summed E-state index contributed by atoms with van der Waals surface area (Å²) < 4.78 is 16.5. The number of morpholine rings is 1. The molecule has 0 aromatic carbocycles. The van der Waals surface area contributed by atoms with Crippen molar-refractivity contribution in [2.75, 3.05) is 44.8 Å². The van der Waals surface area contributed by atoms with Crippen LogP contribution in [0.4, 0.5) is 5.69 Å². The number of fused-ring (bicyclic) bond motifs is 3. The van der Waals surface area contributed by atoms with E-state index in [1.165, 1.54) is 5.56 Å². The molecular formula is C23H31N3O5. The molecule has 0 unspecified atom stereocenters. The van der Waals surface area contributed by atoms with Gasteiger partial charge in [-0.3, -0.25) is 9.69 Å². The zero-order valence-corrected chi connectivity index (χ0v) is 18.6. The van der Waals surface area contributed by atoms with E-state index in [4.69, 9.17) is 18.9 Å². The van der Waals surface area contributed by atoms with E-state index in [1.54, 1.807) is 6.92 Å². The van der Waals surface area contributed by atoms with Crippen molar-refractivity contribution in [3.05, 3.63) is 22.6 Å². The summed E-state index contributed by atoms with van der Waals surface area (Å²) in [5.41, 5.74) is 4.17. The summed E-state index contributed by atoms with van der Waals surface area (Å²) in [4.78, 5) is 32.4. The van der Waals surface area contributed by atoms with E-state index in [0.717, 1.165) is 42.3 Å². The van der Waals surface area contributed by atoms with Gasteiger partial charge in [-0.1, -0.05) is 13.8 Å². The number of aryl methyl sites for hydroxylation is 1. The molecule has 1 aliphatic carbocycles. The third-order valence-corrected chi connectivity index (χ3v) is 5.93. The first kappa shape index (κ1) is 21.8. The number of hydrogen-bond acceptors (Lipinski definition) is 7. The second-order valence-corrected chi connectivity index (χ2v) is 8.46. The molecule has 1 amide bonds. The van der Waals surface area contributed by atoms with Crippen LogP contribution >= 0.6 is 0 Å². The van der Waals surface area contributed by atoms with Crippen LogP contribution in [0.15, 0.2) is 4.42 Å². The summed E-state index contributed by atoms with van der Waals surface area (Å²) in [5, 5.41) is 3.71. The van der Waals surface area contributed by atoms with Crippen LogP contribution in [0, 0.1) is 0 Å². The van der Waals surface area contributed by atoms with Gasteiger partial charge in [0, 0.05) is 13.1 Å². The van der Waals surface area contributed by atoms with Crippen LogP contribution in [0.1, 0.15) is 66.9 Å². The Bertz CT molecular complexity index is 975. The molecular weight excluding hydrogens is 398 g/mol. The maximum Gasteiger partial charge on any atom is 0.376 e. The number of carbonyl (C=O) groups is 2. The highest BCUT2D eigenvalue weighted by molar-refractivity contribution is 6.10. The Kier molecular flexibility index (Phi) is 6.57. The first-order valence-electron chi connectivity index (χ1n) is 11.2. The summed E-state index contributed by atoms with van der Waals surface area (Å²) in [7, 11) is 0. The molecule has 8 heteroatoms. The number of ether oxygens (including phenoxy) is 2. The number of rotatable bonds is 6. The van der Waals surface area contributed by atoms with E-state index in [2.05, 4.69) is 19.2 Å². The molecule has 0 radical (unpaired) electrons. The van der Waals surface area contributed by atoms with Crippen molar-refractivity contribution in [3.8, 4) is 0 Å². The Morgan fingerprint density at radius 1 is 1.16 bits per heavy atom. The average molecular weight is 430 g/mol. The number of nitrogens with one attached hydrogen (secondary N) is 1. The van der Waals surface area contributed by atoms with Gasteiger partial charge in [0.05, 0.1) is 37.4 Å². The van der Waals surface area contributed by atoms with Gasteiger partial charge in [0.25, 0.3) is 0 Å². The third-order valence-electron chi connectivity index (χ3n) is 5.93. The van der Waals surface area contributed by atoms with Crippen molar-refractivity contribution >= 4 is 28.7 Å². The fraction of sp³-hybridized carbons (Fsp3) is 0.609. The first-order valence-corrected chi connectivity index (χ1v) is 11.2. The highest BCUT2D eigenvalue weighted by atomic mass is 16.5. The van der Waals surface area contributed by atoms with Crippen LogP contribution in [-0.4, -0.2) is 61.2 Å². The molecule has 8 nitrogen and oxygen atoms in total. The Labute approximate surface area is 182 Å². The number of carbonyl (C=O) groups excluding carboxylic acids is 2. The van der Waals surface area contributed by atoms with Crippen molar-refractivity contribution in [2.24, 2.45) is 0 Å². The highest BCUT2D eigenvalue weighted by Gasteiger charge is 2.30. The number of hydrogen-bond donors (Lipinski definition) is 1. The predicted molar refractivity (Wildman–Crippen MR) is 117 cm³/mol. The molecule has 0 bridgehead atoms. The number of aromatic nitrogens is 1. The Morgan fingerprint density at radius 2 is 1.87 bits per heavy atom. The summed E-state index contributed by atoms with van der Waals surface area (Å²) in [6, 6.07) is 0. The maximum absolute atomic E-state index is 12.9. The Balaban J connectivity index is 1.77. The van der Waals surface area contributed by atoms with Crippen LogP contribution in [0.2, 0.25) is 0 Å². The van der Waals surface area contributed by atoms with Crippen molar-refractivity contribution in [2.45, 2.75) is 52.4 Å². The molecule has 1 N–H and O–H groups in total. The van der Waals surface area contributed by atoms with Crippen molar-refractivity contribution in [3.63, 3.8) is 0 Å². The van der Waals surface area contributed by atoms with Gasteiger partial charge in [0.2, 0.25) is 17.4 Å². The molecule has 0 spiro atoms. The molecule has 1 fully saturated rings. The largest absolute Gasteiger partial charge is 0.460 e. The number of pyridine rings is 1. The lowest BCUT2D eigenvalue weighted by molar-refractivity contribution is -0.118. The van der Waals surface area contributed by atoms with Crippen LogP contribution in [-0.2, 0) is 27.1 Å². The summed E-state index contributed by atoms with van der Waals surface area (Å²) in [6.07, 6.45) is 4.00. The van der Waals surface area contributed by atoms with Gasteiger partial charge in [-0.25, -0.2) is 9.78 Å². The predicted octanol–water partition coefficient (Wildman–Crippen LogP) is 3.28. The lowest BCUT2D eigenvalue weighted by Crippen LogP contribution is -2.41. The van der Waals surface area contributed by atoms with Crippen molar-refractivity contribution in [1.82, 2.24) is 9.88 Å². The van der Waals surface area contributed by atoms with Crippen molar-refractivity contribution < 1.29 is 23.5 Å². The average Bonchev–Trinajstić information content (AvgIpc) is 3.12. The molecule has 2 aromatic heterocycles. The minimum Gasteiger partial charge on any atom is -0.460 e. The Hall–Kier alpha value is -2.45. The molecule has 2 aliphatic rings. The van der Waals surface area contributed by atoms with Gasteiger partial charge in [-0.05, 0) is 49.7 Å². The summed E-state index contributed by atoms with van der Waals surface area (Å²) in [5.74, 6) is -0.509. The van der Waals surface area contributed by atoms with Gasteiger partial charge >= 0.3 is 5.97 Å². The van der Waals surface area contributed by atoms with Gasteiger partial charge < -0.3 is 19.2 Å². The zero-order valence-electron chi connectivity index (χ0n) is 18.6. The molecule has 1 aliphatic heterocycles. The second kappa shape index (κ2) is 9.36. The quantitative estimate of drug-likeness (QED) is 0.704. The molecule has 31 heavy (non-hydrogen) atoms. The maximum atomic E-state index is 12.9. The molecule has 0 atom stereocenters. The minimum atomic E-state index is -0.585. The Morgan fingerprint density at radius 3 is 2.55 bits per heavy atom. The number of esters is 1. The van der Waals surface area contributed by atoms with Crippen LogP contribution in [0.3, 0.4) is 0 Å². The fourth-order valence-electron chi connectivity index (χ4n) is 4.50. The lowest BCUT2D eigenvalue weighted by Gasteiger charge is -2.26. The first-order chi connectivity index (χ1) is 15.0. The molecule has 1 saturated heterocycles. The lowest BCUT2D eigenvalue weighted by atomic mass is 9.86. The number of anilines is 1. The second-order valence-electron chi connectivity index (χ2n) is 8.46. The number of amides is 1. The van der Waals surface area contributed by atoms with Crippen LogP contribution in [0.5, 0.6) is 0 Å². The third kappa shape index (κ3) is 4.45. The smallest absolute Gasteiger partial charge is 0.376 e. The monoisotopic (exact) mass is 429 g/mol. The summed E-state index contributed by atoms with van der Waals surface area (Å²) >= 11 is 0. The molecule has 168 valence electrons. The zero-order chi connectivity index (χ0) is 22.0.